The summed E-state index contributed by atoms with van der Waals surface area (Å²) in [5.41, 5.74) is 1.65. The molecule has 1 aromatic heterocycles. The van der Waals surface area contributed by atoms with Crippen LogP contribution in [0.15, 0.2) is 30.3 Å². The fraction of sp³-hybridized carbons (Fsp3) is 0.526. The Hall–Kier alpha value is -1.84. The maximum atomic E-state index is 13.7. The summed E-state index contributed by atoms with van der Waals surface area (Å²) >= 11 is 0. The first kappa shape index (κ1) is 16.0. The van der Waals surface area contributed by atoms with E-state index in [9.17, 15) is 4.39 Å². The first-order chi connectivity index (χ1) is 11.3. The molecule has 1 saturated carbocycles. The van der Waals surface area contributed by atoms with Crippen LogP contribution in [-0.4, -0.2) is 9.78 Å². The van der Waals surface area contributed by atoms with E-state index < -0.39 is 0 Å². The van der Waals surface area contributed by atoms with Crippen molar-refractivity contribution in [3.05, 3.63) is 47.4 Å². The van der Waals surface area contributed by atoms with E-state index >= 15 is 0 Å². The summed E-state index contributed by atoms with van der Waals surface area (Å²) in [6, 6.07) is 8.78. The maximum Gasteiger partial charge on any atom is 0.212 e. The number of rotatable bonds is 7. The van der Waals surface area contributed by atoms with Crippen LogP contribution >= 0.6 is 0 Å². The molecule has 1 fully saturated rings. The van der Waals surface area contributed by atoms with Gasteiger partial charge in [0.2, 0.25) is 5.88 Å². The van der Waals surface area contributed by atoms with Gasteiger partial charge in [0, 0.05) is 18.2 Å². The third-order valence-corrected chi connectivity index (χ3v) is 4.54. The molecule has 0 bridgehead atoms. The van der Waals surface area contributed by atoms with Gasteiger partial charge >= 0.3 is 0 Å². The van der Waals surface area contributed by atoms with E-state index in [1.54, 1.807) is 12.1 Å². The quantitative estimate of drug-likeness (QED) is 0.737. The Kier molecular flexibility index (Phi) is 5.31. The van der Waals surface area contributed by atoms with Crippen molar-refractivity contribution in [2.24, 2.45) is 5.92 Å². The Morgan fingerprint density at radius 1 is 1.26 bits per heavy atom. The zero-order valence-corrected chi connectivity index (χ0v) is 13.8. The van der Waals surface area contributed by atoms with Gasteiger partial charge in [-0.3, -0.25) is 0 Å². The number of nitrogens with zero attached hydrogens (tertiary/aromatic N) is 2. The van der Waals surface area contributed by atoms with E-state index in [0.29, 0.717) is 11.5 Å². The number of ether oxygens (including phenoxy) is 1. The fourth-order valence-corrected chi connectivity index (χ4v) is 3.28. The molecule has 0 aliphatic heterocycles. The van der Waals surface area contributed by atoms with Crippen molar-refractivity contribution in [1.29, 1.82) is 0 Å². The van der Waals surface area contributed by atoms with Crippen LogP contribution in [0.3, 0.4) is 0 Å². The Morgan fingerprint density at radius 3 is 2.78 bits per heavy atom. The molecule has 3 nitrogen and oxygen atoms in total. The second kappa shape index (κ2) is 7.62. The first-order valence-corrected chi connectivity index (χ1v) is 8.69. The van der Waals surface area contributed by atoms with Gasteiger partial charge in [0.25, 0.3) is 0 Å². The maximum absolute atomic E-state index is 13.7. The smallest absolute Gasteiger partial charge is 0.212 e. The Labute approximate surface area is 137 Å². The number of hydrogen-bond acceptors (Lipinski definition) is 2. The summed E-state index contributed by atoms with van der Waals surface area (Å²) in [6.45, 7) is 3.31. The highest BCUT2D eigenvalue weighted by molar-refractivity contribution is 5.20. The third-order valence-electron chi connectivity index (χ3n) is 4.54. The van der Waals surface area contributed by atoms with E-state index in [1.807, 2.05) is 16.8 Å². The normalized spacial score (nSPS) is 15.2. The minimum absolute atomic E-state index is 0.219. The molecule has 124 valence electrons. The molecule has 0 N–H and O–H groups in total. The molecule has 1 heterocycles. The highest BCUT2D eigenvalue weighted by atomic mass is 19.1. The first-order valence-electron chi connectivity index (χ1n) is 8.69. The molecule has 4 heteroatoms. The van der Waals surface area contributed by atoms with Crippen LogP contribution in [0.5, 0.6) is 5.88 Å². The van der Waals surface area contributed by atoms with Crippen LogP contribution < -0.4 is 4.74 Å². The SMILES string of the molecule is CCCc1cc(OCc2ccccc2F)n(CC2CCCC2)n1. The molecule has 3 rings (SSSR count). The lowest BCUT2D eigenvalue weighted by atomic mass is 10.1. The predicted molar refractivity (Wildman–Crippen MR) is 88.9 cm³/mol. The van der Waals surface area contributed by atoms with E-state index in [1.165, 1.54) is 31.7 Å². The Balaban J connectivity index is 1.72. The van der Waals surface area contributed by atoms with Gasteiger partial charge < -0.3 is 4.74 Å². The van der Waals surface area contributed by atoms with Crippen LogP contribution in [0.4, 0.5) is 4.39 Å². The van der Waals surface area contributed by atoms with Crippen LogP contribution in [0.2, 0.25) is 0 Å². The summed E-state index contributed by atoms with van der Waals surface area (Å²) in [5, 5.41) is 4.70. The monoisotopic (exact) mass is 316 g/mol. The van der Waals surface area contributed by atoms with E-state index in [2.05, 4.69) is 6.92 Å². The van der Waals surface area contributed by atoms with Gasteiger partial charge in [-0.2, -0.15) is 5.10 Å². The summed E-state index contributed by atoms with van der Waals surface area (Å²) < 4.78 is 21.6. The predicted octanol–water partition coefficient (Wildman–Crippen LogP) is 4.74. The van der Waals surface area contributed by atoms with Crippen LogP contribution in [-0.2, 0) is 19.6 Å². The summed E-state index contributed by atoms with van der Waals surface area (Å²) in [5.74, 6) is 1.24. The summed E-state index contributed by atoms with van der Waals surface area (Å²) in [4.78, 5) is 0. The minimum atomic E-state index is -0.219. The average molecular weight is 316 g/mol. The molecule has 1 aliphatic carbocycles. The number of benzene rings is 1. The van der Waals surface area contributed by atoms with Crippen LogP contribution in [0.25, 0.3) is 0 Å². The van der Waals surface area contributed by atoms with Crippen molar-refractivity contribution in [1.82, 2.24) is 9.78 Å². The molecule has 23 heavy (non-hydrogen) atoms. The van der Waals surface area contributed by atoms with E-state index in [0.717, 1.165) is 31.0 Å². The van der Waals surface area contributed by atoms with Gasteiger partial charge in [0.1, 0.15) is 12.4 Å². The topological polar surface area (TPSA) is 27.1 Å². The van der Waals surface area contributed by atoms with Crippen LogP contribution in [0, 0.1) is 11.7 Å². The molecule has 2 aromatic rings. The molecule has 0 amide bonds. The molecule has 0 saturated heterocycles. The molecule has 1 aliphatic rings. The van der Waals surface area contributed by atoms with Gasteiger partial charge in [-0.1, -0.05) is 44.4 Å². The van der Waals surface area contributed by atoms with Crippen molar-refractivity contribution in [3.63, 3.8) is 0 Å². The molecule has 0 radical (unpaired) electrons. The van der Waals surface area contributed by atoms with E-state index in [-0.39, 0.29) is 12.4 Å². The Bertz CT molecular complexity index is 632. The molecular weight excluding hydrogens is 291 g/mol. The summed E-state index contributed by atoms with van der Waals surface area (Å²) in [6.07, 6.45) is 7.20. The van der Waals surface area contributed by atoms with Crippen molar-refractivity contribution >= 4 is 0 Å². The van der Waals surface area contributed by atoms with Gasteiger partial charge in [0.05, 0.1) is 5.69 Å². The number of halogens is 1. The fourth-order valence-electron chi connectivity index (χ4n) is 3.28. The zero-order chi connectivity index (χ0) is 16.1. The zero-order valence-electron chi connectivity index (χ0n) is 13.8. The lowest BCUT2D eigenvalue weighted by Crippen LogP contribution is -2.11. The Morgan fingerprint density at radius 2 is 2.04 bits per heavy atom. The largest absolute Gasteiger partial charge is 0.473 e. The lowest BCUT2D eigenvalue weighted by molar-refractivity contribution is 0.257. The van der Waals surface area contributed by atoms with Gasteiger partial charge in [-0.25, -0.2) is 9.07 Å². The lowest BCUT2D eigenvalue weighted by Gasteiger charge is -2.13. The summed E-state index contributed by atoms with van der Waals surface area (Å²) in [7, 11) is 0. The minimum Gasteiger partial charge on any atom is -0.473 e. The molecule has 0 unspecified atom stereocenters. The van der Waals surface area contributed by atoms with Crippen molar-refractivity contribution in [3.8, 4) is 5.88 Å². The highest BCUT2D eigenvalue weighted by Gasteiger charge is 2.19. The number of aromatic nitrogens is 2. The molecule has 0 atom stereocenters. The molecule has 0 spiro atoms. The van der Waals surface area contributed by atoms with Gasteiger partial charge in [-0.15, -0.1) is 0 Å². The third kappa shape index (κ3) is 4.12. The van der Waals surface area contributed by atoms with Crippen molar-refractivity contribution in [2.75, 3.05) is 0 Å². The highest BCUT2D eigenvalue weighted by Crippen LogP contribution is 2.28. The van der Waals surface area contributed by atoms with Crippen molar-refractivity contribution < 1.29 is 9.13 Å². The second-order valence-corrected chi connectivity index (χ2v) is 6.44. The van der Waals surface area contributed by atoms with Gasteiger partial charge in [-0.05, 0) is 31.2 Å². The van der Waals surface area contributed by atoms with Gasteiger partial charge in [0.15, 0.2) is 0 Å². The number of aryl methyl sites for hydroxylation is 1. The molecular formula is C19H25FN2O. The second-order valence-electron chi connectivity index (χ2n) is 6.44. The average Bonchev–Trinajstić information content (AvgIpc) is 3.18. The number of hydrogen-bond donors (Lipinski definition) is 0. The molecule has 1 aromatic carbocycles. The van der Waals surface area contributed by atoms with Crippen molar-refractivity contribution in [2.45, 2.75) is 58.6 Å². The van der Waals surface area contributed by atoms with Crippen LogP contribution in [0.1, 0.15) is 50.3 Å². The standard InChI is InChI=1S/C19H25FN2O/c1-2-7-17-12-19(22(21-17)13-15-8-3-4-9-15)23-14-16-10-5-6-11-18(16)20/h5-6,10-12,15H,2-4,7-9,13-14H2,1H3. The van der Waals surface area contributed by atoms with E-state index in [4.69, 9.17) is 9.84 Å².